The van der Waals surface area contributed by atoms with Crippen molar-refractivity contribution < 1.29 is 0 Å². The van der Waals surface area contributed by atoms with Crippen molar-refractivity contribution in [2.45, 2.75) is 12.6 Å². The molecule has 1 unspecified atom stereocenters. The maximum absolute atomic E-state index is 9.14. The van der Waals surface area contributed by atoms with Crippen molar-refractivity contribution in [3.63, 3.8) is 0 Å². The Hall–Kier alpha value is -2.10. The summed E-state index contributed by atoms with van der Waals surface area (Å²) in [6.45, 7) is 0.747. The van der Waals surface area contributed by atoms with Gasteiger partial charge in [0.2, 0.25) is 0 Å². The number of allylic oxidation sites excluding steroid dienone is 1. The number of fused-ring (bicyclic) bond motifs is 1. The molecule has 78 valence electrons. The molecule has 0 N–H and O–H groups in total. The lowest BCUT2D eigenvalue weighted by Gasteiger charge is -2.31. The molecule has 1 aromatic rings. The molecule has 0 saturated heterocycles. The standard InChI is InChI=1S/C13H11N3/c1-16-9-10-4-2-3-5-11(10)12(6-7-14)13(16)8-15/h2-6,13H,9H2,1H3/b12-6+. The van der Waals surface area contributed by atoms with Gasteiger partial charge in [-0.25, -0.2) is 0 Å². The predicted molar refractivity (Wildman–Crippen MR) is 60.9 cm³/mol. The number of nitrogens with zero attached hydrogens (tertiary/aromatic N) is 3. The lowest BCUT2D eigenvalue weighted by atomic mass is 9.89. The van der Waals surface area contributed by atoms with E-state index in [1.807, 2.05) is 42.3 Å². The minimum absolute atomic E-state index is 0.324. The number of rotatable bonds is 0. The van der Waals surface area contributed by atoms with E-state index in [1.54, 1.807) is 0 Å². The SMILES string of the molecule is CN1Cc2ccccc2/C(=C\C#N)C1C#N. The van der Waals surface area contributed by atoms with E-state index in [1.165, 1.54) is 6.08 Å². The van der Waals surface area contributed by atoms with E-state index in [9.17, 15) is 0 Å². The molecular formula is C13H11N3. The second-order valence-corrected chi connectivity index (χ2v) is 3.83. The Morgan fingerprint density at radius 1 is 1.38 bits per heavy atom. The van der Waals surface area contributed by atoms with Crippen LogP contribution in [0.25, 0.3) is 5.57 Å². The van der Waals surface area contributed by atoms with Crippen molar-refractivity contribution in [2.75, 3.05) is 7.05 Å². The summed E-state index contributed by atoms with van der Waals surface area (Å²) in [7, 11) is 1.90. The first-order valence-electron chi connectivity index (χ1n) is 5.05. The van der Waals surface area contributed by atoms with E-state index in [2.05, 4.69) is 6.07 Å². The minimum atomic E-state index is -0.324. The molecule has 16 heavy (non-hydrogen) atoms. The zero-order chi connectivity index (χ0) is 11.5. The van der Waals surface area contributed by atoms with Gasteiger partial charge in [-0.1, -0.05) is 24.3 Å². The molecule has 2 rings (SSSR count). The molecule has 0 aromatic heterocycles. The lowest BCUT2D eigenvalue weighted by molar-refractivity contribution is 0.313. The lowest BCUT2D eigenvalue weighted by Crippen LogP contribution is -2.35. The molecule has 0 aliphatic carbocycles. The van der Waals surface area contributed by atoms with Gasteiger partial charge >= 0.3 is 0 Å². The molecule has 1 aliphatic rings. The van der Waals surface area contributed by atoms with E-state index < -0.39 is 0 Å². The fourth-order valence-corrected chi connectivity index (χ4v) is 2.08. The molecule has 1 aliphatic heterocycles. The van der Waals surface area contributed by atoms with Crippen LogP contribution < -0.4 is 0 Å². The number of nitriles is 2. The topological polar surface area (TPSA) is 50.8 Å². The van der Waals surface area contributed by atoms with Crippen LogP contribution in [0.5, 0.6) is 0 Å². The Labute approximate surface area is 94.8 Å². The fourth-order valence-electron chi connectivity index (χ4n) is 2.08. The normalized spacial score (nSPS) is 22.2. The number of hydrogen-bond acceptors (Lipinski definition) is 3. The number of hydrogen-bond donors (Lipinski definition) is 0. The van der Waals surface area contributed by atoms with Crippen molar-refractivity contribution >= 4 is 5.57 Å². The summed E-state index contributed by atoms with van der Waals surface area (Å²) in [4.78, 5) is 1.95. The first kappa shape index (κ1) is 10.4. The van der Waals surface area contributed by atoms with Crippen molar-refractivity contribution in [1.29, 1.82) is 10.5 Å². The summed E-state index contributed by atoms with van der Waals surface area (Å²) in [5.74, 6) is 0. The molecule has 0 bridgehead atoms. The first-order valence-corrected chi connectivity index (χ1v) is 5.05. The first-order chi connectivity index (χ1) is 7.77. The van der Waals surface area contributed by atoms with Crippen LogP contribution in [0.2, 0.25) is 0 Å². The van der Waals surface area contributed by atoms with Crippen LogP contribution in [0.3, 0.4) is 0 Å². The Morgan fingerprint density at radius 2 is 2.12 bits per heavy atom. The molecule has 0 amide bonds. The molecule has 0 saturated carbocycles. The van der Waals surface area contributed by atoms with Gasteiger partial charge in [-0.2, -0.15) is 10.5 Å². The van der Waals surface area contributed by atoms with E-state index in [4.69, 9.17) is 10.5 Å². The number of benzene rings is 1. The highest BCUT2D eigenvalue weighted by Crippen LogP contribution is 2.30. The molecule has 3 nitrogen and oxygen atoms in total. The highest BCUT2D eigenvalue weighted by atomic mass is 15.1. The van der Waals surface area contributed by atoms with Crippen LogP contribution in [-0.4, -0.2) is 18.0 Å². The van der Waals surface area contributed by atoms with Crippen molar-refractivity contribution in [3.05, 3.63) is 41.5 Å². The molecule has 0 radical (unpaired) electrons. The fraction of sp³-hybridized carbons (Fsp3) is 0.231. The Balaban J connectivity index is 2.60. The zero-order valence-corrected chi connectivity index (χ0v) is 9.01. The van der Waals surface area contributed by atoms with Gasteiger partial charge in [-0.3, -0.25) is 4.90 Å². The van der Waals surface area contributed by atoms with Gasteiger partial charge in [-0.05, 0) is 18.2 Å². The van der Waals surface area contributed by atoms with Gasteiger partial charge in [0.05, 0.1) is 12.1 Å². The van der Waals surface area contributed by atoms with Gasteiger partial charge in [0.25, 0.3) is 0 Å². The van der Waals surface area contributed by atoms with Gasteiger partial charge in [-0.15, -0.1) is 0 Å². The maximum atomic E-state index is 9.14. The average molecular weight is 209 g/mol. The average Bonchev–Trinajstić information content (AvgIpc) is 2.29. The summed E-state index contributed by atoms with van der Waals surface area (Å²) in [5, 5.41) is 17.9. The van der Waals surface area contributed by atoms with Gasteiger partial charge in [0.1, 0.15) is 6.04 Å². The summed E-state index contributed by atoms with van der Waals surface area (Å²) >= 11 is 0. The number of likely N-dealkylation sites (N-methyl/N-ethyl adjacent to an activating group) is 1. The van der Waals surface area contributed by atoms with E-state index in [0.717, 1.165) is 23.2 Å². The smallest absolute Gasteiger partial charge is 0.125 e. The van der Waals surface area contributed by atoms with E-state index in [-0.39, 0.29) is 6.04 Å². The van der Waals surface area contributed by atoms with Gasteiger partial charge < -0.3 is 0 Å². The van der Waals surface area contributed by atoms with E-state index in [0.29, 0.717) is 0 Å². The van der Waals surface area contributed by atoms with E-state index >= 15 is 0 Å². The van der Waals surface area contributed by atoms with Crippen LogP contribution in [0.4, 0.5) is 0 Å². The van der Waals surface area contributed by atoms with Crippen molar-refractivity contribution in [3.8, 4) is 12.1 Å². The van der Waals surface area contributed by atoms with Crippen LogP contribution in [0.15, 0.2) is 30.3 Å². The Morgan fingerprint density at radius 3 is 2.81 bits per heavy atom. The second kappa shape index (κ2) is 4.18. The summed E-state index contributed by atoms with van der Waals surface area (Å²) in [5.41, 5.74) is 2.99. The summed E-state index contributed by atoms with van der Waals surface area (Å²) < 4.78 is 0. The summed E-state index contributed by atoms with van der Waals surface area (Å²) in [6.07, 6.45) is 1.47. The second-order valence-electron chi connectivity index (χ2n) is 3.83. The Kier molecular flexibility index (Phi) is 2.72. The quantitative estimate of drug-likeness (QED) is 0.613. The van der Waals surface area contributed by atoms with Crippen LogP contribution in [0.1, 0.15) is 11.1 Å². The third kappa shape index (κ3) is 1.58. The highest BCUT2D eigenvalue weighted by molar-refractivity contribution is 5.77. The molecular weight excluding hydrogens is 198 g/mol. The predicted octanol–water partition coefficient (Wildman–Crippen LogP) is 1.93. The zero-order valence-electron chi connectivity index (χ0n) is 9.01. The molecule has 0 spiro atoms. The van der Waals surface area contributed by atoms with Crippen LogP contribution >= 0.6 is 0 Å². The molecule has 1 heterocycles. The third-order valence-corrected chi connectivity index (χ3v) is 2.83. The monoisotopic (exact) mass is 209 g/mol. The highest BCUT2D eigenvalue weighted by Gasteiger charge is 2.27. The largest absolute Gasteiger partial charge is 0.283 e. The molecule has 1 aromatic carbocycles. The van der Waals surface area contributed by atoms with Gasteiger partial charge in [0, 0.05) is 18.2 Å². The van der Waals surface area contributed by atoms with Crippen LogP contribution in [0, 0.1) is 22.7 Å². The van der Waals surface area contributed by atoms with Crippen molar-refractivity contribution in [2.24, 2.45) is 0 Å². The minimum Gasteiger partial charge on any atom is -0.283 e. The Bertz CT molecular complexity index is 517. The van der Waals surface area contributed by atoms with Gasteiger partial charge in [0.15, 0.2) is 0 Å². The van der Waals surface area contributed by atoms with Crippen LogP contribution in [-0.2, 0) is 6.54 Å². The molecule has 0 fully saturated rings. The maximum Gasteiger partial charge on any atom is 0.125 e. The molecule has 3 heteroatoms. The third-order valence-electron chi connectivity index (χ3n) is 2.83. The summed E-state index contributed by atoms with van der Waals surface area (Å²) in [6, 6.07) is 11.8. The molecule has 1 atom stereocenters. The van der Waals surface area contributed by atoms with Crippen molar-refractivity contribution in [1.82, 2.24) is 4.90 Å².